The second-order valence-electron chi connectivity index (χ2n) is 9.68. The van der Waals surface area contributed by atoms with Crippen LogP contribution in [0.1, 0.15) is 44.2 Å². The molecule has 1 amide bonds. The number of carbonyl (C=O) groups is 2. The first-order valence-corrected chi connectivity index (χ1v) is 13.1. The van der Waals surface area contributed by atoms with E-state index < -0.39 is 35.5 Å². The molecule has 4 N–H and O–H groups in total. The Balaban J connectivity index is 1.34. The van der Waals surface area contributed by atoms with Gasteiger partial charge in [-0.1, -0.05) is 6.42 Å². The Hall–Kier alpha value is -3.94. The van der Waals surface area contributed by atoms with E-state index in [4.69, 9.17) is 29.8 Å². The number of benzene rings is 1. The lowest BCUT2D eigenvalue weighted by Gasteiger charge is -2.35. The number of primary amides is 1. The Morgan fingerprint density at radius 1 is 1.10 bits per heavy atom. The van der Waals surface area contributed by atoms with Gasteiger partial charge in [0, 0.05) is 11.8 Å². The summed E-state index contributed by atoms with van der Waals surface area (Å²) in [4.78, 5) is 41.3. The third-order valence-corrected chi connectivity index (χ3v) is 6.91. The number of carbonyl (C=O) groups excluding carboxylic acids is 2. The van der Waals surface area contributed by atoms with E-state index in [1.165, 1.54) is 18.3 Å². The highest BCUT2D eigenvalue weighted by Crippen LogP contribution is 2.35. The molecule has 0 unspecified atom stereocenters. The molecule has 0 spiro atoms. The second kappa shape index (κ2) is 12.1. The van der Waals surface area contributed by atoms with Crippen molar-refractivity contribution in [2.24, 2.45) is 11.7 Å². The summed E-state index contributed by atoms with van der Waals surface area (Å²) >= 11 is 0. The fraction of sp³-hybridized carbons (Fsp3) is 0.444. The summed E-state index contributed by atoms with van der Waals surface area (Å²) in [5, 5.41) is 9.04. The van der Waals surface area contributed by atoms with Crippen LogP contribution in [0.4, 0.5) is 4.39 Å². The first-order chi connectivity index (χ1) is 19.4. The summed E-state index contributed by atoms with van der Waals surface area (Å²) in [5.74, 6) is -2.07. The van der Waals surface area contributed by atoms with Crippen molar-refractivity contribution in [3.63, 3.8) is 0 Å². The summed E-state index contributed by atoms with van der Waals surface area (Å²) in [6.07, 6.45) is 3.84. The van der Waals surface area contributed by atoms with Crippen molar-refractivity contribution in [3.8, 4) is 28.7 Å². The number of aromatic nitrogens is 4. The van der Waals surface area contributed by atoms with Crippen LogP contribution in [-0.2, 0) is 23.8 Å². The molecule has 5 rings (SSSR count). The Morgan fingerprint density at radius 3 is 2.50 bits per heavy atom. The highest BCUT2D eigenvalue weighted by atomic mass is 19.1. The maximum absolute atomic E-state index is 13.6. The van der Waals surface area contributed by atoms with E-state index in [0.29, 0.717) is 41.3 Å². The molecule has 2 aromatic heterocycles. The van der Waals surface area contributed by atoms with Crippen LogP contribution in [0.5, 0.6) is 6.01 Å². The van der Waals surface area contributed by atoms with Gasteiger partial charge in [0.15, 0.2) is 11.4 Å². The molecular weight excluding hydrogens is 525 g/mol. The van der Waals surface area contributed by atoms with Crippen molar-refractivity contribution in [2.45, 2.75) is 44.0 Å². The number of rotatable bonds is 9. The molecule has 0 radical (unpaired) electrons. The number of halogens is 1. The van der Waals surface area contributed by atoms with Gasteiger partial charge in [-0.3, -0.25) is 9.59 Å². The van der Waals surface area contributed by atoms with Crippen LogP contribution in [-0.4, -0.2) is 68.9 Å². The lowest BCUT2D eigenvalue weighted by molar-refractivity contribution is -0.222. The Bertz CT molecular complexity index is 1340. The monoisotopic (exact) mass is 555 g/mol. The van der Waals surface area contributed by atoms with Gasteiger partial charge in [0.2, 0.25) is 6.29 Å². The molecule has 40 heavy (non-hydrogen) atoms. The van der Waals surface area contributed by atoms with Crippen molar-refractivity contribution >= 4 is 11.9 Å². The van der Waals surface area contributed by atoms with E-state index in [1.807, 2.05) is 0 Å². The molecule has 1 aromatic carbocycles. The van der Waals surface area contributed by atoms with Gasteiger partial charge >= 0.3 is 12.0 Å². The largest absolute Gasteiger partial charge is 0.461 e. The van der Waals surface area contributed by atoms with Gasteiger partial charge in [-0.05, 0) is 56.0 Å². The van der Waals surface area contributed by atoms with Crippen LogP contribution in [0.2, 0.25) is 0 Å². The number of hydrogen-bond acceptors (Lipinski definition) is 10. The van der Waals surface area contributed by atoms with Crippen LogP contribution in [0.25, 0.3) is 22.6 Å². The van der Waals surface area contributed by atoms with E-state index in [9.17, 15) is 14.0 Å². The number of amides is 1. The van der Waals surface area contributed by atoms with Gasteiger partial charge in [0.25, 0.3) is 5.91 Å². The van der Waals surface area contributed by atoms with Crippen molar-refractivity contribution in [3.05, 3.63) is 48.2 Å². The fourth-order valence-electron chi connectivity index (χ4n) is 4.79. The number of ether oxygens (including phenoxy) is 4. The zero-order valence-electron chi connectivity index (χ0n) is 21.7. The number of aliphatic hydroxyl groups is 1. The van der Waals surface area contributed by atoms with Crippen LogP contribution in [0.3, 0.4) is 0 Å². The van der Waals surface area contributed by atoms with Crippen LogP contribution in [0.15, 0.2) is 36.5 Å². The molecule has 0 atom stereocenters. The molecule has 2 fully saturated rings. The molecular formula is C27H30FN5O7. The molecule has 3 aromatic rings. The number of H-pyrrole nitrogens is 1. The number of aliphatic hydroxyl groups excluding tert-OH is 1. The molecule has 1 aliphatic carbocycles. The Kier molecular flexibility index (Phi) is 8.33. The summed E-state index contributed by atoms with van der Waals surface area (Å²) in [6.45, 7) is -0.215. The molecule has 12 nitrogen and oxygen atoms in total. The number of nitrogens with two attached hydrogens (primary N) is 1. The highest BCUT2D eigenvalue weighted by molar-refractivity contribution is 5.87. The molecule has 1 saturated heterocycles. The minimum absolute atomic E-state index is 0.0209. The summed E-state index contributed by atoms with van der Waals surface area (Å²) in [5.41, 5.74) is 6.28. The SMILES string of the molecule is NC(=O)C1(OC(=O)C2COC(c3nc(-c4ccc(F)cc4)c(-c4ccnc(OCCO)n4)[nH]3)OC2)CCCCC1. The standard InChI is InChI=1S/C27H30FN5O7/c28-18-6-4-16(5-7-18)20-21(19-8-11-30-26(31-19)37-13-12-34)33-22(32-20)24-38-14-17(15-39-24)23(35)40-27(25(29)36)9-2-1-3-10-27/h4-8,11,17,24,34H,1-3,9-10,12-15H2,(H2,29,36)(H,32,33). The summed E-state index contributed by atoms with van der Waals surface area (Å²) in [7, 11) is 0. The van der Waals surface area contributed by atoms with Gasteiger partial charge in [-0.15, -0.1) is 0 Å². The predicted octanol–water partition coefficient (Wildman–Crippen LogP) is 2.44. The maximum atomic E-state index is 13.6. The number of aromatic amines is 1. The van der Waals surface area contributed by atoms with Crippen molar-refractivity contribution < 1.29 is 38.0 Å². The third-order valence-electron chi connectivity index (χ3n) is 6.91. The average Bonchev–Trinajstić information content (AvgIpc) is 3.43. The van der Waals surface area contributed by atoms with E-state index in [-0.39, 0.29) is 32.4 Å². The molecule has 1 saturated carbocycles. The molecule has 13 heteroatoms. The minimum Gasteiger partial charge on any atom is -0.461 e. The average molecular weight is 556 g/mol. The molecule has 1 aliphatic heterocycles. The second-order valence-corrected chi connectivity index (χ2v) is 9.68. The summed E-state index contributed by atoms with van der Waals surface area (Å²) < 4.78 is 36.3. The molecule has 2 aliphatic rings. The Morgan fingerprint density at radius 2 is 1.82 bits per heavy atom. The predicted molar refractivity (Wildman–Crippen MR) is 137 cm³/mol. The van der Waals surface area contributed by atoms with Gasteiger partial charge in [0.1, 0.15) is 18.3 Å². The van der Waals surface area contributed by atoms with Gasteiger partial charge < -0.3 is 34.8 Å². The lowest BCUT2D eigenvalue weighted by Crippen LogP contribution is -2.50. The number of imidazole rings is 1. The number of nitrogens with zero attached hydrogens (tertiary/aromatic N) is 3. The van der Waals surface area contributed by atoms with Gasteiger partial charge in [-0.2, -0.15) is 4.98 Å². The number of hydrogen-bond donors (Lipinski definition) is 3. The van der Waals surface area contributed by atoms with Crippen molar-refractivity contribution in [1.29, 1.82) is 0 Å². The molecule has 3 heterocycles. The van der Waals surface area contributed by atoms with Crippen LogP contribution in [0, 0.1) is 11.7 Å². The smallest absolute Gasteiger partial charge is 0.317 e. The van der Waals surface area contributed by atoms with Crippen molar-refractivity contribution in [2.75, 3.05) is 26.4 Å². The Labute approximate surface area is 229 Å². The first-order valence-electron chi connectivity index (χ1n) is 13.1. The van der Waals surface area contributed by atoms with E-state index in [2.05, 4.69) is 19.9 Å². The maximum Gasteiger partial charge on any atom is 0.317 e. The molecule has 0 bridgehead atoms. The fourth-order valence-corrected chi connectivity index (χ4v) is 4.79. The van der Waals surface area contributed by atoms with E-state index in [1.54, 1.807) is 18.2 Å². The van der Waals surface area contributed by atoms with Crippen LogP contribution < -0.4 is 10.5 Å². The number of esters is 1. The normalized spacial score (nSPS) is 20.6. The zero-order valence-corrected chi connectivity index (χ0v) is 21.7. The topological polar surface area (TPSA) is 172 Å². The van der Waals surface area contributed by atoms with Gasteiger partial charge in [-0.25, -0.2) is 14.4 Å². The quantitative estimate of drug-likeness (QED) is 0.333. The first kappa shape index (κ1) is 27.6. The molecule has 212 valence electrons. The van der Waals surface area contributed by atoms with Crippen molar-refractivity contribution in [1.82, 2.24) is 19.9 Å². The van der Waals surface area contributed by atoms with Crippen LogP contribution >= 0.6 is 0 Å². The van der Waals surface area contributed by atoms with Gasteiger partial charge in [0.05, 0.1) is 36.9 Å². The van der Waals surface area contributed by atoms with E-state index >= 15 is 0 Å². The lowest BCUT2D eigenvalue weighted by atomic mass is 9.84. The highest BCUT2D eigenvalue weighted by Gasteiger charge is 2.44. The van der Waals surface area contributed by atoms with E-state index in [0.717, 1.165) is 19.3 Å². The zero-order chi connectivity index (χ0) is 28.1. The number of nitrogens with one attached hydrogen (secondary N) is 1. The summed E-state index contributed by atoms with van der Waals surface area (Å²) in [6, 6.07) is 7.50. The minimum atomic E-state index is -1.29. The third kappa shape index (κ3) is 5.96.